The molecule has 0 unspecified atom stereocenters. The van der Waals surface area contributed by atoms with Gasteiger partial charge in [-0.2, -0.15) is 5.26 Å². The van der Waals surface area contributed by atoms with Gasteiger partial charge in [0, 0.05) is 11.3 Å². The molecule has 0 radical (unpaired) electrons. The lowest BCUT2D eigenvalue weighted by atomic mass is 10.1. The first-order valence-electron chi connectivity index (χ1n) is 8.24. The molecule has 0 aliphatic heterocycles. The van der Waals surface area contributed by atoms with E-state index in [4.69, 9.17) is 10.00 Å². The van der Waals surface area contributed by atoms with Gasteiger partial charge in [-0.3, -0.25) is 19.3 Å². The van der Waals surface area contributed by atoms with Crippen LogP contribution in [0.25, 0.3) is 0 Å². The molecule has 1 N–H and O–H groups in total. The third-order valence-corrected chi connectivity index (χ3v) is 3.63. The summed E-state index contributed by atoms with van der Waals surface area (Å²) < 4.78 is 4.91. The van der Waals surface area contributed by atoms with Crippen molar-refractivity contribution in [2.75, 3.05) is 24.6 Å². The van der Waals surface area contributed by atoms with E-state index in [0.717, 1.165) is 5.56 Å². The minimum absolute atomic E-state index is 0.162. The molecule has 2 rings (SSSR count). The molecule has 7 heteroatoms. The molecule has 7 nitrogen and oxygen atoms in total. The van der Waals surface area contributed by atoms with Crippen LogP contribution < -0.4 is 10.2 Å². The van der Waals surface area contributed by atoms with E-state index in [9.17, 15) is 14.4 Å². The molecule has 2 amide bonds. The standard InChI is InChI=1S/C20H19N3O4/c1-15-6-5-7-16(12-15)20(26)22-13-19(25)27-14-18(24)23(11-10-21)17-8-3-2-4-9-17/h2-9,12H,11,13-14H2,1H3,(H,22,26). The third kappa shape index (κ3) is 5.97. The van der Waals surface area contributed by atoms with E-state index in [2.05, 4.69) is 5.32 Å². The van der Waals surface area contributed by atoms with Gasteiger partial charge < -0.3 is 10.1 Å². The highest BCUT2D eigenvalue weighted by atomic mass is 16.5. The van der Waals surface area contributed by atoms with Crippen LogP contribution in [0, 0.1) is 18.3 Å². The highest BCUT2D eigenvalue weighted by Crippen LogP contribution is 2.13. The topological polar surface area (TPSA) is 99.5 Å². The second-order valence-corrected chi connectivity index (χ2v) is 5.69. The summed E-state index contributed by atoms with van der Waals surface area (Å²) in [6, 6.07) is 17.5. The molecule has 0 atom stereocenters. The van der Waals surface area contributed by atoms with E-state index >= 15 is 0 Å². The van der Waals surface area contributed by atoms with Crippen LogP contribution in [0.15, 0.2) is 54.6 Å². The molecular formula is C20H19N3O4. The lowest BCUT2D eigenvalue weighted by Gasteiger charge is -2.19. The zero-order valence-corrected chi connectivity index (χ0v) is 14.8. The predicted molar refractivity (Wildman–Crippen MR) is 98.9 cm³/mol. The molecule has 0 aromatic heterocycles. The van der Waals surface area contributed by atoms with Crippen molar-refractivity contribution < 1.29 is 19.1 Å². The van der Waals surface area contributed by atoms with E-state index in [1.165, 1.54) is 4.90 Å². The Morgan fingerprint density at radius 1 is 1.11 bits per heavy atom. The smallest absolute Gasteiger partial charge is 0.325 e. The maximum absolute atomic E-state index is 12.2. The highest BCUT2D eigenvalue weighted by molar-refractivity contribution is 5.97. The van der Waals surface area contributed by atoms with Gasteiger partial charge in [0.2, 0.25) is 0 Å². The number of carbonyl (C=O) groups excluding carboxylic acids is 3. The summed E-state index contributed by atoms with van der Waals surface area (Å²) in [5.74, 6) is -1.67. The Morgan fingerprint density at radius 2 is 1.85 bits per heavy atom. The van der Waals surface area contributed by atoms with Gasteiger partial charge in [-0.15, -0.1) is 0 Å². The Morgan fingerprint density at radius 3 is 2.52 bits per heavy atom. The lowest BCUT2D eigenvalue weighted by Crippen LogP contribution is -2.37. The lowest BCUT2D eigenvalue weighted by molar-refractivity contribution is -0.146. The normalized spacial score (nSPS) is 9.78. The van der Waals surface area contributed by atoms with Crippen molar-refractivity contribution >= 4 is 23.5 Å². The second kappa shape index (κ2) is 9.73. The average molecular weight is 365 g/mol. The molecular weight excluding hydrogens is 346 g/mol. The van der Waals surface area contributed by atoms with Crippen LogP contribution in [0.4, 0.5) is 5.69 Å². The van der Waals surface area contributed by atoms with Crippen molar-refractivity contribution in [3.63, 3.8) is 0 Å². The van der Waals surface area contributed by atoms with Crippen LogP contribution in [0.1, 0.15) is 15.9 Å². The molecule has 0 fully saturated rings. The van der Waals surface area contributed by atoms with Crippen molar-refractivity contribution in [1.82, 2.24) is 5.32 Å². The first-order valence-corrected chi connectivity index (χ1v) is 8.24. The van der Waals surface area contributed by atoms with Gasteiger partial charge in [-0.1, -0.05) is 35.9 Å². The Bertz CT molecular complexity index is 859. The minimum atomic E-state index is -0.741. The van der Waals surface area contributed by atoms with Gasteiger partial charge in [0.25, 0.3) is 11.8 Å². The van der Waals surface area contributed by atoms with Gasteiger partial charge in [0.15, 0.2) is 6.61 Å². The van der Waals surface area contributed by atoms with Crippen LogP contribution in [0.2, 0.25) is 0 Å². The summed E-state index contributed by atoms with van der Waals surface area (Å²) in [6.45, 7) is 0.820. The van der Waals surface area contributed by atoms with Crippen molar-refractivity contribution in [3.8, 4) is 6.07 Å². The monoisotopic (exact) mass is 365 g/mol. The highest BCUT2D eigenvalue weighted by Gasteiger charge is 2.17. The number of ether oxygens (including phenoxy) is 1. The number of esters is 1. The fraction of sp³-hybridized carbons (Fsp3) is 0.200. The molecule has 0 saturated carbocycles. The maximum atomic E-state index is 12.2. The number of nitrogens with zero attached hydrogens (tertiary/aromatic N) is 2. The van der Waals surface area contributed by atoms with Crippen molar-refractivity contribution in [2.24, 2.45) is 0 Å². The van der Waals surface area contributed by atoms with Crippen LogP contribution in [0.3, 0.4) is 0 Å². The van der Waals surface area contributed by atoms with Crippen LogP contribution in [-0.2, 0) is 14.3 Å². The number of amides is 2. The Balaban J connectivity index is 1.84. The zero-order chi connectivity index (χ0) is 19.6. The Kier molecular flexibility index (Phi) is 7.08. The molecule has 2 aromatic carbocycles. The number of para-hydroxylation sites is 1. The van der Waals surface area contributed by atoms with Crippen molar-refractivity contribution in [3.05, 3.63) is 65.7 Å². The van der Waals surface area contributed by atoms with Gasteiger partial charge in [-0.25, -0.2) is 0 Å². The number of hydrogen-bond donors (Lipinski definition) is 1. The van der Waals surface area contributed by atoms with Crippen molar-refractivity contribution in [1.29, 1.82) is 5.26 Å². The number of aryl methyl sites for hydroxylation is 1. The third-order valence-electron chi connectivity index (χ3n) is 3.63. The molecule has 0 bridgehead atoms. The van der Waals surface area contributed by atoms with E-state index < -0.39 is 24.4 Å². The summed E-state index contributed by atoms with van der Waals surface area (Å²) in [5, 5.41) is 11.3. The first kappa shape index (κ1) is 19.7. The molecule has 0 heterocycles. The van der Waals surface area contributed by atoms with Crippen LogP contribution >= 0.6 is 0 Å². The first-order chi connectivity index (χ1) is 13.0. The largest absolute Gasteiger partial charge is 0.454 e. The number of rotatable bonds is 7. The number of anilines is 1. The Hall–Kier alpha value is -3.66. The number of nitriles is 1. The fourth-order valence-corrected chi connectivity index (χ4v) is 2.31. The van der Waals surface area contributed by atoms with E-state index in [0.29, 0.717) is 11.3 Å². The summed E-state index contributed by atoms with van der Waals surface area (Å²) in [5.41, 5.74) is 1.89. The number of hydrogen-bond acceptors (Lipinski definition) is 5. The van der Waals surface area contributed by atoms with Gasteiger partial charge in [-0.05, 0) is 31.2 Å². The predicted octanol–water partition coefficient (Wildman–Crippen LogP) is 1.82. The summed E-state index contributed by atoms with van der Waals surface area (Å²) in [7, 11) is 0. The molecule has 0 aliphatic rings. The molecule has 27 heavy (non-hydrogen) atoms. The summed E-state index contributed by atoms with van der Waals surface area (Å²) >= 11 is 0. The van der Waals surface area contributed by atoms with E-state index in [-0.39, 0.29) is 13.1 Å². The fourth-order valence-electron chi connectivity index (χ4n) is 2.31. The molecule has 2 aromatic rings. The number of benzene rings is 2. The molecule has 138 valence electrons. The molecule has 0 spiro atoms. The van der Waals surface area contributed by atoms with Crippen LogP contribution in [0.5, 0.6) is 0 Å². The zero-order valence-electron chi connectivity index (χ0n) is 14.8. The quantitative estimate of drug-likeness (QED) is 0.596. The second-order valence-electron chi connectivity index (χ2n) is 5.69. The van der Waals surface area contributed by atoms with Gasteiger partial charge in [0.05, 0.1) is 6.07 Å². The van der Waals surface area contributed by atoms with E-state index in [1.807, 2.05) is 19.1 Å². The van der Waals surface area contributed by atoms with E-state index in [1.54, 1.807) is 48.5 Å². The summed E-state index contributed by atoms with van der Waals surface area (Å²) in [6.07, 6.45) is 0. The SMILES string of the molecule is Cc1cccc(C(=O)NCC(=O)OCC(=O)N(CC#N)c2ccccc2)c1. The molecule has 0 aliphatic carbocycles. The maximum Gasteiger partial charge on any atom is 0.325 e. The van der Waals surface area contributed by atoms with Gasteiger partial charge in [0.1, 0.15) is 13.1 Å². The number of nitrogens with one attached hydrogen (secondary N) is 1. The molecule has 0 saturated heterocycles. The van der Waals surface area contributed by atoms with Gasteiger partial charge >= 0.3 is 5.97 Å². The Labute approximate surface area is 157 Å². The summed E-state index contributed by atoms with van der Waals surface area (Å²) in [4.78, 5) is 37.2. The average Bonchev–Trinajstić information content (AvgIpc) is 2.69. The van der Waals surface area contributed by atoms with Crippen LogP contribution in [-0.4, -0.2) is 37.5 Å². The minimum Gasteiger partial charge on any atom is -0.454 e. The van der Waals surface area contributed by atoms with Crippen molar-refractivity contribution in [2.45, 2.75) is 6.92 Å². The number of carbonyl (C=O) groups is 3.